The van der Waals surface area contributed by atoms with Gasteiger partial charge in [-0.3, -0.25) is 9.69 Å². The molecule has 0 aliphatic heterocycles. The number of para-hydroxylation sites is 1. The summed E-state index contributed by atoms with van der Waals surface area (Å²) in [6.07, 6.45) is 7.93. The molecule has 26 heavy (non-hydrogen) atoms. The van der Waals surface area contributed by atoms with Gasteiger partial charge in [0.25, 0.3) is 0 Å². The molecule has 0 bridgehead atoms. The molecule has 0 aromatic heterocycles. The zero-order valence-corrected chi connectivity index (χ0v) is 15.8. The maximum Gasteiger partial charge on any atom is 0.224 e. The molecule has 0 saturated heterocycles. The van der Waals surface area contributed by atoms with Crippen LogP contribution < -0.4 is 5.32 Å². The number of anilines is 1. The van der Waals surface area contributed by atoms with Crippen molar-refractivity contribution in [3.05, 3.63) is 65.7 Å². The molecule has 3 nitrogen and oxygen atoms in total. The summed E-state index contributed by atoms with van der Waals surface area (Å²) >= 11 is 0. The SMILES string of the molecule is CN(Cc1ccccc1NC(=O)CCc1ccccc1)C1CCCCC1. The number of amides is 1. The molecule has 1 aliphatic carbocycles. The van der Waals surface area contributed by atoms with E-state index in [9.17, 15) is 4.79 Å². The average Bonchev–Trinajstić information content (AvgIpc) is 2.69. The summed E-state index contributed by atoms with van der Waals surface area (Å²) in [4.78, 5) is 14.9. The first-order valence-electron chi connectivity index (χ1n) is 9.84. The monoisotopic (exact) mass is 350 g/mol. The van der Waals surface area contributed by atoms with Gasteiger partial charge in [0.15, 0.2) is 0 Å². The second-order valence-corrected chi connectivity index (χ2v) is 7.40. The highest BCUT2D eigenvalue weighted by Crippen LogP contribution is 2.25. The van der Waals surface area contributed by atoms with E-state index in [-0.39, 0.29) is 5.91 Å². The van der Waals surface area contributed by atoms with Gasteiger partial charge < -0.3 is 5.32 Å². The van der Waals surface area contributed by atoms with E-state index in [2.05, 4.69) is 41.5 Å². The maximum atomic E-state index is 12.4. The normalized spacial score (nSPS) is 15.2. The minimum absolute atomic E-state index is 0.0848. The standard InChI is InChI=1S/C23H30N2O/c1-25(21-13-6-3-7-14-21)18-20-12-8-9-15-22(20)24-23(26)17-16-19-10-4-2-5-11-19/h2,4-5,8-12,15,21H,3,6-7,13-14,16-18H2,1H3,(H,24,26). The van der Waals surface area contributed by atoms with Crippen LogP contribution >= 0.6 is 0 Å². The van der Waals surface area contributed by atoms with Crippen LogP contribution in [0, 0.1) is 0 Å². The molecule has 1 saturated carbocycles. The average molecular weight is 351 g/mol. The fourth-order valence-corrected chi connectivity index (χ4v) is 3.81. The second-order valence-electron chi connectivity index (χ2n) is 7.40. The van der Waals surface area contributed by atoms with E-state index in [1.807, 2.05) is 30.3 Å². The second kappa shape index (κ2) is 9.54. The third-order valence-electron chi connectivity index (χ3n) is 5.39. The molecule has 0 radical (unpaired) electrons. The number of nitrogens with zero attached hydrogens (tertiary/aromatic N) is 1. The molecule has 1 aliphatic rings. The van der Waals surface area contributed by atoms with Gasteiger partial charge in [0, 0.05) is 24.7 Å². The highest BCUT2D eigenvalue weighted by Gasteiger charge is 2.19. The van der Waals surface area contributed by atoms with Crippen LogP contribution in [0.15, 0.2) is 54.6 Å². The first-order valence-corrected chi connectivity index (χ1v) is 9.84. The summed E-state index contributed by atoms with van der Waals surface area (Å²) in [7, 11) is 2.21. The lowest BCUT2D eigenvalue weighted by Gasteiger charge is -2.31. The van der Waals surface area contributed by atoms with E-state index in [1.54, 1.807) is 0 Å². The number of benzene rings is 2. The van der Waals surface area contributed by atoms with Gasteiger partial charge in [-0.15, -0.1) is 0 Å². The summed E-state index contributed by atoms with van der Waals surface area (Å²) in [5.74, 6) is 0.0848. The number of rotatable bonds is 7. The quantitative estimate of drug-likeness (QED) is 0.760. The molecular weight excluding hydrogens is 320 g/mol. The van der Waals surface area contributed by atoms with Crippen LogP contribution in [-0.4, -0.2) is 23.9 Å². The van der Waals surface area contributed by atoms with Crippen LogP contribution in [0.1, 0.15) is 49.7 Å². The first kappa shape index (κ1) is 18.7. The lowest BCUT2D eigenvalue weighted by Crippen LogP contribution is -2.33. The molecule has 138 valence electrons. The van der Waals surface area contributed by atoms with Crippen molar-refractivity contribution in [2.75, 3.05) is 12.4 Å². The number of carbonyl (C=O) groups is 1. The largest absolute Gasteiger partial charge is 0.326 e. The molecule has 0 atom stereocenters. The van der Waals surface area contributed by atoms with Gasteiger partial charge in [-0.25, -0.2) is 0 Å². The molecule has 3 rings (SSSR count). The molecular formula is C23H30N2O. The molecule has 0 unspecified atom stereocenters. The number of nitrogens with one attached hydrogen (secondary N) is 1. The van der Waals surface area contributed by atoms with Crippen LogP contribution in [0.4, 0.5) is 5.69 Å². The zero-order chi connectivity index (χ0) is 18.2. The summed E-state index contributed by atoms with van der Waals surface area (Å²) in [5, 5.41) is 3.12. The molecule has 0 spiro atoms. The lowest BCUT2D eigenvalue weighted by molar-refractivity contribution is -0.116. The van der Waals surface area contributed by atoms with Gasteiger partial charge in [0.1, 0.15) is 0 Å². The number of aryl methyl sites for hydroxylation is 1. The zero-order valence-electron chi connectivity index (χ0n) is 15.8. The van der Waals surface area contributed by atoms with E-state index in [4.69, 9.17) is 0 Å². The maximum absolute atomic E-state index is 12.4. The Morgan fingerprint density at radius 3 is 2.46 bits per heavy atom. The minimum atomic E-state index is 0.0848. The van der Waals surface area contributed by atoms with Crippen molar-refractivity contribution >= 4 is 11.6 Å². The van der Waals surface area contributed by atoms with Gasteiger partial charge in [-0.1, -0.05) is 67.8 Å². The van der Waals surface area contributed by atoms with Crippen LogP contribution in [0.2, 0.25) is 0 Å². The molecule has 1 N–H and O–H groups in total. The van der Waals surface area contributed by atoms with E-state index >= 15 is 0 Å². The predicted octanol–water partition coefficient (Wildman–Crippen LogP) is 5.02. The highest BCUT2D eigenvalue weighted by atomic mass is 16.1. The third-order valence-corrected chi connectivity index (χ3v) is 5.39. The topological polar surface area (TPSA) is 32.3 Å². The van der Waals surface area contributed by atoms with Crippen molar-refractivity contribution in [1.29, 1.82) is 0 Å². The summed E-state index contributed by atoms with van der Waals surface area (Å²) < 4.78 is 0. The third kappa shape index (κ3) is 5.43. The van der Waals surface area contributed by atoms with Gasteiger partial charge in [0.2, 0.25) is 5.91 Å². The van der Waals surface area contributed by atoms with Crippen molar-refractivity contribution in [3.8, 4) is 0 Å². The Morgan fingerprint density at radius 2 is 1.69 bits per heavy atom. The van der Waals surface area contributed by atoms with Gasteiger partial charge in [0.05, 0.1) is 0 Å². The van der Waals surface area contributed by atoms with Gasteiger partial charge >= 0.3 is 0 Å². The molecule has 1 fully saturated rings. The van der Waals surface area contributed by atoms with Crippen molar-refractivity contribution in [1.82, 2.24) is 4.90 Å². The molecule has 2 aromatic carbocycles. The van der Waals surface area contributed by atoms with Gasteiger partial charge in [-0.2, -0.15) is 0 Å². The van der Waals surface area contributed by atoms with Crippen molar-refractivity contribution in [2.45, 2.75) is 57.5 Å². The molecule has 1 amide bonds. The molecule has 2 aromatic rings. The summed E-state index contributed by atoms with van der Waals surface area (Å²) in [6, 6.07) is 19.1. The number of carbonyl (C=O) groups excluding carboxylic acids is 1. The van der Waals surface area contributed by atoms with Crippen molar-refractivity contribution in [3.63, 3.8) is 0 Å². The Morgan fingerprint density at radius 1 is 1.00 bits per heavy atom. The van der Waals surface area contributed by atoms with Gasteiger partial charge in [-0.05, 0) is 43.5 Å². The Hall–Kier alpha value is -2.13. The Balaban J connectivity index is 1.56. The van der Waals surface area contributed by atoms with Crippen LogP contribution in [0.5, 0.6) is 0 Å². The van der Waals surface area contributed by atoms with E-state index in [0.29, 0.717) is 12.5 Å². The summed E-state index contributed by atoms with van der Waals surface area (Å²) in [5.41, 5.74) is 3.36. The highest BCUT2D eigenvalue weighted by molar-refractivity contribution is 5.91. The Bertz CT molecular complexity index is 692. The number of hydrogen-bond acceptors (Lipinski definition) is 2. The Labute approximate surface area is 157 Å². The summed E-state index contributed by atoms with van der Waals surface area (Å²) in [6.45, 7) is 0.889. The Kier molecular flexibility index (Phi) is 6.84. The minimum Gasteiger partial charge on any atom is -0.326 e. The van der Waals surface area contributed by atoms with Crippen molar-refractivity contribution < 1.29 is 4.79 Å². The predicted molar refractivity (Wildman–Crippen MR) is 108 cm³/mol. The lowest BCUT2D eigenvalue weighted by atomic mass is 9.94. The molecule has 3 heteroatoms. The van der Waals surface area contributed by atoms with E-state index in [0.717, 1.165) is 18.7 Å². The van der Waals surface area contributed by atoms with Crippen molar-refractivity contribution in [2.24, 2.45) is 0 Å². The van der Waals surface area contributed by atoms with Crippen LogP contribution in [-0.2, 0) is 17.8 Å². The number of hydrogen-bond donors (Lipinski definition) is 1. The molecule has 0 heterocycles. The first-order chi connectivity index (χ1) is 12.7. The smallest absolute Gasteiger partial charge is 0.224 e. The van der Waals surface area contributed by atoms with Crippen LogP contribution in [0.3, 0.4) is 0 Å². The fraction of sp³-hybridized carbons (Fsp3) is 0.435. The van der Waals surface area contributed by atoms with E-state index in [1.165, 1.54) is 43.2 Å². The van der Waals surface area contributed by atoms with Crippen LogP contribution in [0.25, 0.3) is 0 Å². The fourth-order valence-electron chi connectivity index (χ4n) is 3.81. The van der Waals surface area contributed by atoms with E-state index < -0.39 is 0 Å².